The van der Waals surface area contributed by atoms with Gasteiger partial charge in [-0.2, -0.15) is 0 Å². The fraction of sp³-hybridized carbons (Fsp3) is 0.588. The lowest BCUT2D eigenvalue weighted by Gasteiger charge is -2.15. The zero-order valence-corrected chi connectivity index (χ0v) is 12.8. The average molecular weight is 274 g/mol. The predicted molar refractivity (Wildman–Crippen MR) is 82.7 cm³/mol. The maximum Gasteiger partial charge on any atom is 0.220 e. The number of aryl methyl sites for hydroxylation is 2. The highest BCUT2D eigenvalue weighted by atomic mass is 16.1. The Morgan fingerprint density at radius 1 is 1.30 bits per heavy atom. The summed E-state index contributed by atoms with van der Waals surface area (Å²) in [6.07, 6.45) is 3.85. The molecular formula is C17H26N2O. The van der Waals surface area contributed by atoms with E-state index in [0.29, 0.717) is 18.5 Å². The van der Waals surface area contributed by atoms with Gasteiger partial charge in [-0.15, -0.1) is 0 Å². The molecule has 0 spiro atoms. The SMILES string of the molecule is Cc1ccc(C(C)NCCCC(=O)NC2CC2)cc1C. The molecule has 3 nitrogen and oxygen atoms in total. The van der Waals surface area contributed by atoms with Crippen LogP contribution >= 0.6 is 0 Å². The van der Waals surface area contributed by atoms with E-state index in [1.54, 1.807) is 0 Å². The molecule has 0 heterocycles. The molecule has 1 aliphatic rings. The third kappa shape index (κ3) is 4.64. The van der Waals surface area contributed by atoms with Gasteiger partial charge in [0.1, 0.15) is 0 Å². The van der Waals surface area contributed by atoms with Crippen LogP contribution in [0.5, 0.6) is 0 Å². The number of nitrogens with one attached hydrogen (secondary N) is 2. The summed E-state index contributed by atoms with van der Waals surface area (Å²) in [4.78, 5) is 11.6. The first-order chi connectivity index (χ1) is 9.56. The molecule has 110 valence electrons. The van der Waals surface area contributed by atoms with E-state index in [0.717, 1.165) is 25.8 Å². The van der Waals surface area contributed by atoms with Crippen LogP contribution in [0.25, 0.3) is 0 Å². The van der Waals surface area contributed by atoms with Crippen LogP contribution < -0.4 is 10.6 Å². The summed E-state index contributed by atoms with van der Waals surface area (Å²) >= 11 is 0. The Labute approximate surface area is 122 Å². The molecule has 3 heteroatoms. The summed E-state index contributed by atoms with van der Waals surface area (Å²) in [6, 6.07) is 7.41. The van der Waals surface area contributed by atoms with E-state index in [2.05, 4.69) is 49.6 Å². The van der Waals surface area contributed by atoms with Crippen LogP contribution in [0.15, 0.2) is 18.2 Å². The molecule has 1 atom stereocenters. The summed E-state index contributed by atoms with van der Waals surface area (Å²) in [5, 5.41) is 6.51. The molecule has 1 aromatic carbocycles. The van der Waals surface area contributed by atoms with Crippen molar-refractivity contribution in [2.75, 3.05) is 6.54 Å². The van der Waals surface area contributed by atoms with Crippen molar-refractivity contribution < 1.29 is 4.79 Å². The van der Waals surface area contributed by atoms with Crippen molar-refractivity contribution in [1.82, 2.24) is 10.6 Å². The number of rotatable bonds is 7. The molecule has 0 saturated heterocycles. The number of hydrogen-bond donors (Lipinski definition) is 2. The molecule has 1 amide bonds. The number of benzene rings is 1. The monoisotopic (exact) mass is 274 g/mol. The second-order valence-electron chi connectivity index (χ2n) is 5.96. The third-order valence-corrected chi connectivity index (χ3v) is 4.00. The van der Waals surface area contributed by atoms with Crippen LogP contribution in [0.2, 0.25) is 0 Å². The van der Waals surface area contributed by atoms with Gasteiger partial charge < -0.3 is 10.6 Å². The Morgan fingerprint density at radius 3 is 2.70 bits per heavy atom. The van der Waals surface area contributed by atoms with E-state index in [1.165, 1.54) is 16.7 Å². The van der Waals surface area contributed by atoms with E-state index in [9.17, 15) is 4.79 Å². The van der Waals surface area contributed by atoms with Crippen LogP contribution in [-0.4, -0.2) is 18.5 Å². The Bertz CT molecular complexity index is 466. The first-order valence-corrected chi connectivity index (χ1v) is 7.66. The van der Waals surface area contributed by atoms with Gasteiger partial charge in [0.15, 0.2) is 0 Å². The molecule has 1 saturated carbocycles. The van der Waals surface area contributed by atoms with Gasteiger partial charge in [0, 0.05) is 18.5 Å². The molecule has 1 fully saturated rings. The average Bonchev–Trinajstić information content (AvgIpc) is 3.21. The van der Waals surface area contributed by atoms with E-state index >= 15 is 0 Å². The molecule has 0 radical (unpaired) electrons. The van der Waals surface area contributed by atoms with Crippen molar-refractivity contribution in [1.29, 1.82) is 0 Å². The van der Waals surface area contributed by atoms with Gasteiger partial charge in [-0.3, -0.25) is 4.79 Å². The van der Waals surface area contributed by atoms with Gasteiger partial charge in [-0.05, 0) is 63.3 Å². The minimum atomic E-state index is 0.202. The minimum Gasteiger partial charge on any atom is -0.353 e. The third-order valence-electron chi connectivity index (χ3n) is 4.00. The lowest BCUT2D eigenvalue weighted by molar-refractivity contribution is -0.121. The van der Waals surface area contributed by atoms with E-state index in [4.69, 9.17) is 0 Å². The molecule has 20 heavy (non-hydrogen) atoms. The fourth-order valence-corrected chi connectivity index (χ4v) is 2.25. The Morgan fingerprint density at radius 2 is 2.05 bits per heavy atom. The lowest BCUT2D eigenvalue weighted by Crippen LogP contribution is -2.27. The van der Waals surface area contributed by atoms with Gasteiger partial charge >= 0.3 is 0 Å². The largest absolute Gasteiger partial charge is 0.353 e. The molecule has 1 unspecified atom stereocenters. The standard InChI is InChI=1S/C17H26N2O/c1-12-6-7-15(11-13(12)2)14(3)18-10-4-5-17(20)19-16-8-9-16/h6-7,11,14,16,18H,4-5,8-10H2,1-3H3,(H,19,20). The summed E-state index contributed by atoms with van der Waals surface area (Å²) in [5.74, 6) is 0.202. The van der Waals surface area contributed by atoms with Gasteiger partial charge in [-0.1, -0.05) is 18.2 Å². The molecule has 2 N–H and O–H groups in total. The lowest BCUT2D eigenvalue weighted by atomic mass is 10.0. The van der Waals surface area contributed by atoms with Gasteiger partial charge in [0.2, 0.25) is 5.91 Å². The minimum absolute atomic E-state index is 0.202. The number of amides is 1. The highest BCUT2D eigenvalue weighted by molar-refractivity contribution is 5.76. The molecule has 1 aromatic rings. The first kappa shape index (κ1) is 15.0. The van der Waals surface area contributed by atoms with Crippen molar-refractivity contribution in [3.8, 4) is 0 Å². The van der Waals surface area contributed by atoms with Gasteiger partial charge in [0.25, 0.3) is 0 Å². The van der Waals surface area contributed by atoms with Crippen molar-refractivity contribution in [3.05, 3.63) is 34.9 Å². The van der Waals surface area contributed by atoms with Crippen LogP contribution in [0.4, 0.5) is 0 Å². The van der Waals surface area contributed by atoms with Crippen LogP contribution in [0.1, 0.15) is 55.3 Å². The van der Waals surface area contributed by atoms with Crippen LogP contribution in [-0.2, 0) is 4.79 Å². The van der Waals surface area contributed by atoms with Gasteiger partial charge in [0.05, 0.1) is 0 Å². The summed E-state index contributed by atoms with van der Waals surface area (Å²) in [7, 11) is 0. The van der Waals surface area contributed by atoms with Crippen LogP contribution in [0, 0.1) is 13.8 Å². The normalized spacial score (nSPS) is 15.9. The Kier molecular flexibility index (Phi) is 5.18. The zero-order valence-electron chi connectivity index (χ0n) is 12.8. The Hall–Kier alpha value is -1.35. The second kappa shape index (κ2) is 6.89. The Balaban J connectivity index is 1.67. The maximum atomic E-state index is 11.6. The van der Waals surface area contributed by atoms with E-state index in [1.807, 2.05) is 0 Å². The van der Waals surface area contributed by atoms with Crippen molar-refractivity contribution in [3.63, 3.8) is 0 Å². The number of carbonyl (C=O) groups excluding carboxylic acids is 1. The fourth-order valence-electron chi connectivity index (χ4n) is 2.25. The molecule has 1 aliphatic carbocycles. The highest BCUT2D eigenvalue weighted by Gasteiger charge is 2.22. The van der Waals surface area contributed by atoms with Crippen molar-refractivity contribution in [2.24, 2.45) is 0 Å². The van der Waals surface area contributed by atoms with Gasteiger partial charge in [-0.25, -0.2) is 0 Å². The van der Waals surface area contributed by atoms with Crippen LogP contribution in [0.3, 0.4) is 0 Å². The maximum absolute atomic E-state index is 11.6. The molecular weight excluding hydrogens is 248 g/mol. The first-order valence-electron chi connectivity index (χ1n) is 7.66. The molecule has 2 rings (SSSR count). The number of hydrogen-bond acceptors (Lipinski definition) is 2. The second-order valence-corrected chi connectivity index (χ2v) is 5.96. The number of carbonyl (C=O) groups is 1. The quantitative estimate of drug-likeness (QED) is 0.750. The summed E-state index contributed by atoms with van der Waals surface area (Å²) < 4.78 is 0. The highest BCUT2D eigenvalue weighted by Crippen LogP contribution is 2.19. The molecule has 0 aromatic heterocycles. The summed E-state index contributed by atoms with van der Waals surface area (Å²) in [5.41, 5.74) is 3.98. The van der Waals surface area contributed by atoms with E-state index in [-0.39, 0.29) is 5.91 Å². The topological polar surface area (TPSA) is 41.1 Å². The smallest absolute Gasteiger partial charge is 0.220 e. The summed E-state index contributed by atoms with van der Waals surface area (Å²) in [6.45, 7) is 7.34. The van der Waals surface area contributed by atoms with E-state index < -0.39 is 0 Å². The van der Waals surface area contributed by atoms with Crippen molar-refractivity contribution >= 4 is 5.91 Å². The zero-order chi connectivity index (χ0) is 14.5. The predicted octanol–water partition coefficient (Wildman–Crippen LogP) is 3.01. The molecule has 0 aliphatic heterocycles. The van der Waals surface area contributed by atoms with Crippen molar-refractivity contribution in [2.45, 2.75) is 58.5 Å². The molecule has 0 bridgehead atoms.